The Morgan fingerprint density at radius 2 is 1.13 bits per heavy atom. The monoisotopic (exact) mass is 500 g/mol. The average molecular weight is 502 g/mol. The minimum absolute atomic E-state index is 0. The van der Waals surface area contributed by atoms with Gasteiger partial charge in [0, 0.05) is 5.88 Å². The van der Waals surface area contributed by atoms with Crippen molar-refractivity contribution in [3.63, 3.8) is 0 Å². The minimum Gasteiger partial charge on any atom is -0.343 e. The summed E-state index contributed by atoms with van der Waals surface area (Å²) in [6.45, 7) is 9.92. The molecule has 3 rings (SSSR count). The van der Waals surface area contributed by atoms with Gasteiger partial charge in [0.2, 0.25) is 0 Å². The summed E-state index contributed by atoms with van der Waals surface area (Å²) in [5, 5.41) is 0. The third-order valence-electron chi connectivity index (χ3n) is 4.17. The zero-order valence-electron chi connectivity index (χ0n) is 18.7. The molecule has 0 N–H and O–H groups in total. The number of benzene rings is 1. The van der Waals surface area contributed by atoms with E-state index in [1.165, 1.54) is 37.7 Å². The van der Waals surface area contributed by atoms with E-state index in [2.05, 4.69) is 51.1 Å². The van der Waals surface area contributed by atoms with Crippen LogP contribution in [0.2, 0.25) is 0 Å². The molecule has 162 valence electrons. The van der Waals surface area contributed by atoms with Gasteiger partial charge >= 0.3 is 26.2 Å². The molecule has 10 radical (unpaired) electrons. The molecule has 0 saturated heterocycles. The van der Waals surface area contributed by atoms with Gasteiger partial charge in [0.15, 0.2) is 0 Å². The fourth-order valence-corrected chi connectivity index (χ4v) is 2.56. The van der Waals surface area contributed by atoms with Gasteiger partial charge in [-0.3, -0.25) is 0 Å². The summed E-state index contributed by atoms with van der Waals surface area (Å²) in [5.74, 6) is 1.24. The Bertz CT molecular complexity index is 371. The molecule has 1 unspecified atom stereocenters. The first-order chi connectivity index (χ1) is 14.3. The Kier molecular flexibility index (Phi) is 29.8. The van der Waals surface area contributed by atoms with Gasteiger partial charge in [-0.25, -0.2) is 0 Å². The van der Waals surface area contributed by atoms with Crippen molar-refractivity contribution in [3.05, 3.63) is 114 Å². The Hall–Kier alpha value is 0.393. The van der Waals surface area contributed by atoms with Gasteiger partial charge in [0.1, 0.15) is 0 Å². The van der Waals surface area contributed by atoms with E-state index in [9.17, 15) is 0 Å². The van der Waals surface area contributed by atoms with Gasteiger partial charge in [-0.05, 0) is 70.6 Å². The first-order valence-corrected chi connectivity index (χ1v) is 11.4. The maximum Gasteiger partial charge on any atom is 2.00 e. The predicted molar refractivity (Wildman–Crippen MR) is 132 cm³/mol. The van der Waals surface area contributed by atoms with Gasteiger partial charge in [0.05, 0.1) is 0 Å². The van der Waals surface area contributed by atoms with Gasteiger partial charge < -0.3 is 13.8 Å². The second-order valence-corrected chi connectivity index (χ2v) is 7.16. The third-order valence-corrected chi connectivity index (χ3v) is 4.44. The molecule has 0 spiro atoms. The molecule has 1 aromatic carbocycles. The summed E-state index contributed by atoms with van der Waals surface area (Å²) in [5.41, 5.74) is 1.36. The van der Waals surface area contributed by atoms with E-state index in [4.69, 9.17) is 11.6 Å². The van der Waals surface area contributed by atoms with E-state index in [0.29, 0.717) is 5.92 Å². The quantitative estimate of drug-likeness (QED) is 0.190. The Morgan fingerprint density at radius 1 is 0.733 bits per heavy atom. The van der Waals surface area contributed by atoms with Crippen molar-refractivity contribution in [2.75, 3.05) is 5.88 Å². The van der Waals surface area contributed by atoms with Crippen molar-refractivity contribution >= 4 is 11.6 Å². The molecule has 0 aromatic heterocycles. The van der Waals surface area contributed by atoms with Crippen molar-refractivity contribution in [1.29, 1.82) is 0 Å². The molecule has 0 heterocycles. The first kappa shape index (κ1) is 32.6. The summed E-state index contributed by atoms with van der Waals surface area (Å²) in [6.07, 6.45) is 28.4. The molecular formula is C28H39ClZr. The summed E-state index contributed by atoms with van der Waals surface area (Å²) >= 11 is 5.63. The van der Waals surface area contributed by atoms with E-state index in [1.807, 2.05) is 64.2 Å². The fraction of sp³-hybridized carbons (Fsp3) is 0.357. The smallest absolute Gasteiger partial charge is 0.343 e. The number of rotatable bonds is 8. The summed E-state index contributed by atoms with van der Waals surface area (Å²) in [7, 11) is 0. The summed E-state index contributed by atoms with van der Waals surface area (Å²) < 4.78 is 0. The standard InChI is InChI=1S/C14H20Cl.2C5H5.C4H9.Zr/c1-13(9-5-2-3-8-12-15)14-10-6-4-7-11-14;2*1-2-4-5-3-1;1-3-4-2;/h4,6-7,10-11,13H,1-3,5,8-9,12H2;2*1-5H;1,3-4H2,2H3;/q-1;;;-1;+2. The molecular weight excluding hydrogens is 463 g/mol. The van der Waals surface area contributed by atoms with Crippen LogP contribution in [-0.4, -0.2) is 5.88 Å². The SMILES string of the molecule is [CH2-]C(CCCCCCCl)c1ccccc1.[CH2-]CCC.[CH]1[CH][CH][CH][CH]1.[CH]1[CH][CH][CH][CH]1.[Zr+2]. The van der Waals surface area contributed by atoms with Crippen LogP contribution in [0.3, 0.4) is 0 Å². The number of hydrogen-bond donors (Lipinski definition) is 0. The third kappa shape index (κ3) is 23.1. The van der Waals surface area contributed by atoms with E-state index in [-0.39, 0.29) is 26.2 Å². The van der Waals surface area contributed by atoms with Crippen LogP contribution >= 0.6 is 11.6 Å². The van der Waals surface area contributed by atoms with Crippen molar-refractivity contribution in [1.82, 2.24) is 0 Å². The molecule has 2 heteroatoms. The van der Waals surface area contributed by atoms with Crippen molar-refractivity contribution in [3.8, 4) is 0 Å². The molecule has 30 heavy (non-hydrogen) atoms. The van der Waals surface area contributed by atoms with E-state index >= 15 is 0 Å². The molecule has 1 aromatic rings. The normalized spacial score (nSPS) is 15.3. The number of hydrogen-bond acceptors (Lipinski definition) is 0. The van der Waals surface area contributed by atoms with E-state index in [1.54, 1.807) is 0 Å². The number of unbranched alkanes of at least 4 members (excludes halogenated alkanes) is 4. The zero-order chi connectivity index (χ0) is 21.4. The number of halogens is 1. The van der Waals surface area contributed by atoms with Gasteiger partial charge in [0.25, 0.3) is 0 Å². The molecule has 0 nitrogen and oxygen atoms in total. The van der Waals surface area contributed by atoms with Gasteiger partial charge in [-0.2, -0.15) is 6.42 Å². The van der Waals surface area contributed by atoms with Crippen LogP contribution in [-0.2, 0) is 26.2 Å². The van der Waals surface area contributed by atoms with Gasteiger partial charge in [-0.1, -0.05) is 74.9 Å². The van der Waals surface area contributed by atoms with Crippen LogP contribution in [0.5, 0.6) is 0 Å². The summed E-state index contributed by atoms with van der Waals surface area (Å²) in [4.78, 5) is 0. The molecule has 2 saturated carbocycles. The van der Waals surface area contributed by atoms with Crippen molar-refractivity contribution in [2.45, 2.75) is 57.8 Å². The van der Waals surface area contributed by atoms with Crippen LogP contribution in [0.4, 0.5) is 0 Å². The molecule has 0 aliphatic heterocycles. The van der Waals surface area contributed by atoms with E-state index in [0.717, 1.165) is 18.7 Å². The second-order valence-electron chi connectivity index (χ2n) is 6.78. The number of alkyl halides is 1. The van der Waals surface area contributed by atoms with Crippen molar-refractivity contribution in [2.24, 2.45) is 0 Å². The van der Waals surface area contributed by atoms with Gasteiger partial charge in [-0.15, -0.1) is 17.5 Å². The zero-order valence-corrected chi connectivity index (χ0v) is 21.9. The van der Waals surface area contributed by atoms with Crippen LogP contribution in [0.25, 0.3) is 0 Å². The van der Waals surface area contributed by atoms with E-state index < -0.39 is 0 Å². The summed E-state index contributed by atoms with van der Waals surface area (Å²) in [6, 6.07) is 10.5. The van der Waals surface area contributed by atoms with Crippen molar-refractivity contribution < 1.29 is 26.2 Å². The molecule has 2 fully saturated rings. The molecule has 2 aliphatic rings. The van der Waals surface area contributed by atoms with Crippen LogP contribution in [0.1, 0.15) is 63.4 Å². The minimum atomic E-state index is 0. The fourth-order valence-electron chi connectivity index (χ4n) is 2.37. The molecule has 1 atom stereocenters. The van der Waals surface area contributed by atoms with Crippen LogP contribution in [0.15, 0.2) is 30.3 Å². The largest absolute Gasteiger partial charge is 2.00 e. The molecule has 0 bridgehead atoms. The Labute approximate surface area is 214 Å². The maximum absolute atomic E-state index is 5.63. The topological polar surface area (TPSA) is 0 Å². The molecule has 2 aliphatic carbocycles. The Morgan fingerprint density at radius 3 is 1.50 bits per heavy atom. The van der Waals surface area contributed by atoms with Crippen LogP contribution < -0.4 is 0 Å². The molecule has 0 amide bonds. The van der Waals surface area contributed by atoms with Crippen LogP contribution in [0, 0.1) is 78.1 Å². The Balaban J connectivity index is 0. The average Bonchev–Trinajstić information content (AvgIpc) is 3.53. The predicted octanol–water partition coefficient (Wildman–Crippen LogP) is 8.45. The maximum atomic E-state index is 5.63. The first-order valence-electron chi connectivity index (χ1n) is 10.8. The second kappa shape index (κ2) is 27.4.